The molecule has 26 heavy (non-hydrogen) atoms. The van der Waals surface area contributed by atoms with Crippen molar-refractivity contribution in [2.24, 2.45) is 34.5 Å². The minimum absolute atomic E-state index is 0.184. The van der Waals surface area contributed by atoms with E-state index in [9.17, 15) is 19.8 Å². The Kier molecular flexibility index (Phi) is 3.88. The maximum absolute atomic E-state index is 13.3. The van der Waals surface area contributed by atoms with Crippen LogP contribution in [-0.4, -0.2) is 33.0 Å². The Hall–Kier alpha value is -1.26. The van der Waals surface area contributed by atoms with Gasteiger partial charge in [0.25, 0.3) is 0 Å². The van der Waals surface area contributed by atoms with Crippen molar-refractivity contribution in [2.45, 2.75) is 66.6 Å². The van der Waals surface area contributed by atoms with Gasteiger partial charge in [-0.3, -0.25) is 9.59 Å². The molecule has 2 bridgehead atoms. The molecule has 0 aromatic carbocycles. The molecule has 4 aliphatic carbocycles. The van der Waals surface area contributed by atoms with Gasteiger partial charge in [-0.1, -0.05) is 58.8 Å². The molecule has 4 nitrogen and oxygen atoms in total. The first-order chi connectivity index (χ1) is 11.5. The molecule has 0 unspecified atom stereocenters. The molecule has 4 aliphatic rings. The van der Waals surface area contributed by atoms with E-state index in [0.717, 1.165) is 11.1 Å². The van der Waals surface area contributed by atoms with E-state index in [4.69, 9.17) is 0 Å². The van der Waals surface area contributed by atoms with Crippen LogP contribution in [0.2, 0.25) is 0 Å². The molecule has 6 atom stereocenters. The van der Waals surface area contributed by atoms with Crippen LogP contribution in [0.15, 0.2) is 23.3 Å². The molecule has 0 aromatic heterocycles. The van der Waals surface area contributed by atoms with Crippen molar-refractivity contribution in [1.82, 2.24) is 0 Å². The summed E-state index contributed by atoms with van der Waals surface area (Å²) in [5, 5.41) is 22.1. The number of hydrogen-bond donors (Lipinski definition) is 2. The van der Waals surface area contributed by atoms with Gasteiger partial charge in [-0.2, -0.15) is 0 Å². The highest BCUT2D eigenvalue weighted by atomic mass is 16.3. The van der Waals surface area contributed by atoms with Crippen LogP contribution in [0.3, 0.4) is 0 Å². The highest BCUT2D eigenvalue weighted by molar-refractivity contribution is 6.02. The molecule has 1 saturated carbocycles. The Morgan fingerprint density at radius 3 is 1.85 bits per heavy atom. The van der Waals surface area contributed by atoms with Crippen molar-refractivity contribution in [3.8, 4) is 0 Å². The smallest absolute Gasteiger partial charge is 0.187 e. The lowest BCUT2D eigenvalue weighted by atomic mass is 9.43. The number of aliphatic hydroxyl groups is 2. The van der Waals surface area contributed by atoms with Gasteiger partial charge in [0, 0.05) is 23.7 Å². The normalized spacial score (nSPS) is 43.2. The number of fused-ring (bicyclic) bond motifs is 1. The Labute approximate surface area is 156 Å². The van der Waals surface area contributed by atoms with Crippen molar-refractivity contribution in [1.29, 1.82) is 0 Å². The molecule has 1 fully saturated rings. The SMILES string of the molecule is CC(C)(C)C1=C[C@@H]2[C@H]3[C@H](C(C(C)(C)C)=CC(=O)[C@@]3(C)O)[C@H]1C(=O)[C@@]2(C)O. The predicted octanol–water partition coefficient (Wildman–Crippen LogP) is 3.08. The van der Waals surface area contributed by atoms with Crippen molar-refractivity contribution < 1.29 is 19.8 Å². The third-order valence-corrected chi connectivity index (χ3v) is 6.78. The van der Waals surface area contributed by atoms with Crippen molar-refractivity contribution in [3.63, 3.8) is 0 Å². The summed E-state index contributed by atoms with van der Waals surface area (Å²) in [6.07, 6.45) is 3.53. The minimum Gasteiger partial charge on any atom is -0.382 e. The van der Waals surface area contributed by atoms with Gasteiger partial charge in [0.1, 0.15) is 11.2 Å². The number of ketones is 2. The zero-order valence-corrected chi connectivity index (χ0v) is 17.2. The number of hydrogen-bond acceptors (Lipinski definition) is 4. The lowest BCUT2D eigenvalue weighted by Gasteiger charge is -2.61. The minimum atomic E-state index is -1.59. The summed E-state index contributed by atoms with van der Waals surface area (Å²) in [7, 11) is 0. The maximum Gasteiger partial charge on any atom is 0.187 e. The summed E-state index contributed by atoms with van der Waals surface area (Å²) in [6, 6.07) is 0. The van der Waals surface area contributed by atoms with Crippen molar-refractivity contribution >= 4 is 11.6 Å². The molecular weight excluding hydrogens is 328 g/mol. The van der Waals surface area contributed by atoms with Crippen molar-refractivity contribution in [2.75, 3.05) is 0 Å². The Morgan fingerprint density at radius 1 is 0.885 bits per heavy atom. The average Bonchev–Trinajstić information content (AvgIpc) is 2.44. The third kappa shape index (κ3) is 2.41. The summed E-state index contributed by atoms with van der Waals surface area (Å²) in [4.78, 5) is 26.1. The second-order valence-electron chi connectivity index (χ2n) is 10.8. The third-order valence-electron chi connectivity index (χ3n) is 6.78. The summed E-state index contributed by atoms with van der Waals surface area (Å²) >= 11 is 0. The fourth-order valence-electron chi connectivity index (χ4n) is 5.37. The Morgan fingerprint density at radius 2 is 1.38 bits per heavy atom. The topological polar surface area (TPSA) is 74.6 Å². The van der Waals surface area contributed by atoms with Crippen LogP contribution < -0.4 is 0 Å². The summed E-state index contributed by atoms with van der Waals surface area (Å²) in [5.74, 6) is -2.37. The molecule has 144 valence electrons. The van der Waals surface area contributed by atoms with Crippen LogP contribution in [0.5, 0.6) is 0 Å². The largest absolute Gasteiger partial charge is 0.382 e. The molecule has 0 saturated heterocycles. The summed E-state index contributed by atoms with van der Waals surface area (Å²) in [6.45, 7) is 15.4. The fourth-order valence-corrected chi connectivity index (χ4v) is 5.37. The van der Waals surface area contributed by atoms with Crippen LogP contribution in [0.4, 0.5) is 0 Å². The molecule has 0 heterocycles. The van der Waals surface area contributed by atoms with Crippen LogP contribution in [0.1, 0.15) is 55.4 Å². The fraction of sp³-hybridized carbons (Fsp3) is 0.727. The van der Waals surface area contributed by atoms with E-state index in [2.05, 4.69) is 20.8 Å². The van der Waals surface area contributed by atoms with Gasteiger partial charge in [0.05, 0.1) is 0 Å². The number of allylic oxidation sites excluding steroid dienone is 2. The molecule has 2 N–H and O–H groups in total. The second kappa shape index (κ2) is 5.17. The highest BCUT2D eigenvalue weighted by Gasteiger charge is 2.67. The predicted molar refractivity (Wildman–Crippen MR) is 100 cm³/mol. The van der Waals surface area contributed by atoms with Gasteiger partial charge in [-0.15, -0.1) is 0 Å². The molecule has 0 amide bonds. The molecule has 4 heteroatoms. The van der Waals surface area contributed by atoms with E-state index in [1.807, 2.05) is 26.8 Å². The molecule has 0 aliphatic heterocycles. The Bertz CT molecular complexity index is 737. The first kappa shape index (κ1) is 19.5. The zero-order valence-electron chi connectivity index (χ0n) is 17.2. The zero-order chi connectivity index (χ0) is 20.0. The summed E-state index contributed by atoms with van der Waals surface area (Å²) in [5.41, 5.74) is -1.76. The maximum atomic E-state index is 13.3. The van der Waals surface area contributed by atoms with Gasteiger partial charge in [-0.05, 0) is 30.8 Å². The molecule has 0 aromatic rings. The van der Waals surface area contributed by atoms with Crippen LogP contribution in [0.25, 0.3) is 0 Å². The van der Waals surface area contributed by atoms with E-state index in [1.54, 1.807) is 6.08 Å². The molecular formula is C22H32O4. The number of Topliss-reactive ketones (excluding diaryl/α,β-unsaturated/α-hetero) is 1. The van der Waals surface area contributed by atoms with Crippen LogP contribution >= 0.6 is 0 Å². The van der Waals surface area contributed by atoms with E-state index in [-0.39, 0.29) is 28.3 Å². The molecule has 4 rings (SSSR count). The van der Waals surface area contributed by atoms with Crippen LogP contribution in [0, 0.1) is 34.5 Å². The second-order valence-corrected chi connectivity index (χ2v) is 10.8. The number of carbonyl (C=O) groups is 2. The number of rotatable bonds is 0. The average molecular weight is 360 g/mol. The van der Waals surface area contributed by atoms with Gasteiger partial charge >= 0.3 is 0 Å². The van der Waals surface area contributed by atoms with E-state index in [0.29, 0.717) is 0 Å². The van der Waals surface area contributed by atoms with Gasteiger partial charge in [0.2, 0.25) is 0 Å². The standard InChI is InChI=1S/C22H32O4/c1-19(2,3)11-9-13-17-15(16(11)18(24)21(13,7)25)12(20(4,5)6)10-14(23)22(17,8)26/h9-10,13,15-17,25-26H,1-8H3/t13-,15-,16+,17+,21+,22-/m1/s1. The highest BCUT2D eigenvalue weighted by Crippen LogP contribution is 2.62. The quantitative estimate of drug-likeness (QED) is 0.651. The van der Waals surface area contributed by atoms with Crippen LogP contribution in [-0.2, 0) is 9.59 Å². The lowest BCUT2D eigenvalue weighted by Crippen LogP contribution is -2.69. The summed E-state index contributed by atoms with van der Waals surface area (Å²) < 4.78 is 0. The van der Waals surface area contributed by atoms with E-state index < -0.39 is 29.0 Å². The number of carbonyl (C=O) groups excluding carboxylic acids is 2. The monoisotopic (exact) mass is 360 g/mol. The van der Waals surface area contributed by atoms with E-state index in [1.165, 1.54) is 13.8 Å². The molecule has 0 spiro atoms. The molecule has 0 radical (unpaired) electrons. The van der Waals surface area contributed by atoms with Crippen molar-refractivity contribution in [3.05, 3.63) is 23.3 Å². The van der Waals surface area contributed by atoms with Gasteiger partial charge in [-0.25, -0.2) is 0 Å². The Balaban J connectivity index is 2.33. The van der Waals surface area contributed by atoms with Gasteiger partial charge < -0.3 is 10.2 Å². The lowest BCUT2D eigenvalue weighted by molar-refractivity contribution is -0.179. The van der Waals surface area contributed by atoms with E-state index >= 15 is 0 Å². The first-order valence-electron chi connectivity index (χ1n) is 9.50. The van der Waals surface area contributed by atoms with Gasteiger partial charge in [0.15, 0.2) is 11.6 Å². The first-order valence-corrected chi connectivity index (χ1v) is 9.50.